The van der Waals surface area contributed by atoms with Crippen LogP contribution in [-0.4, -0.2) is 42.7 Å². The second-order valence-corrected chi connectivity index (χ2v) is 12.7. The molecule has 0 saturated carbocycles. The summed E-state index contributed by atoms with van der Waals surface area (Å²) < 4.78 is 10.7. The van der Waals surface area contributed by atoms with E-state index in [1.807, 2.05) is 11.4 Å². The zero-order chi connectivity index (χ0) is 34.0. The fraction of sp³-hybridized carbons (Fsp3) is 0.0857. The molecule has 0 aliphatic carbocycles. The lowest BCUT2D eigenvalue weighted by molar-refractivity contribution is -0.114. The predicted molar refractivity (Wildman–Crippen MR) is 193 cm³/mol. The Morgan fingerprint density at radius 3 is 2.35 bits per heavy atom. The van der Waals surface area contributed by atoms with Crippen LogP contribution in [0.15, 0.2) is 107 Å². The molecule has 244 valence electrons. The number of aromatic nitrogens is 1. The van der Waals surface area contributed by atoms with Crippen LogP contribution in [0.1, 0.15) is 15.9 Å². The lowest BCUT2D eigenvalue weighted by Crippen LogP contribution is -2.30. The number of methoxy groups -OCH3 is 2. The van der Waals surface area contributed by atoms with E-state index in [1.54, 1.807) is 92.0 Å². The molecule has 4 aromatic carbocycles. The molecule has 0 unspecified atom stereocenters. The molecule has 3 N–H and O–H groups in total. The van der Waals surface area contributed by atoms with Gasteiger partial charge in [-0.3, -0.25) is 14.4 Å². The van der Waals surface area contributed by atoms with Crippen molar-refractivity contribution >= 4 is 80.9 Å². The summed E-state index contributed by atoms with van der Waals surface area (Å²) in [6.07, 6.45) is 1.54. The van der Waals surface area contributed by atoms with Crippen molar-refractivity contribution < 1.29 is 23.9 Å². The number of ether oxygens (including phenoxy) is 2. The Labute approximate surface area is 295 Å². The van der Waals surface area contributed by atoms with E-state index in [4.69, 9.17) is 32.7 Å². The highest BCUT2D eigenvalue weighted by atomic mass is 35.5. The van der Waals surface area contributed by atoms with E-state index in [-0.39, 0.29) is 17.4 Å². The first kappa shape index (κ1) is 34.5. The number of carbonyl (C=O) groups is 3. The van der Waals surface area contributed by atoms with Gasteiger partial charge in [-0.05, 0) is 66.7 Å². The Balaban J connectivity index is 1.22. The number of rotatable bonds is 12. The first-order chi connectivity index (χ1) is 23.2. The molecule has 3 amide bonds. The molecule has 0 aliphatic rings. The molecule has 0 atom stereocenters. The third-order valence-corrected chi connectivity index (χ3v) is 9.23. The number of benzene rings is 4. The summed E-state index contributed by atoms with van der Waals surface area (Å²) in [5, 5.41) is 11.5. The van der Waals surface area contributed by atoms with Crippen LogP contribution in [0.3, 0.4) is 0 Å². The Morgan fingerprint density at radius 1 is 0.875 bits per heavy atom. The second kappa shape index (κ2) is 16.3. The minimum Gasteiger partial charge on any atom is -0.497 e. The van der Waals surface area contributed by atoms with Crippen molar-refractivity contribution in [3.63, 3.8) is 0 Å². The smallest absolute Gasteiger partial charge is 0.272 e. The molecular formula is C35H28Cl2N4O5S2. The topological polar surface area (TPSA) is 119 Å². The zero-order valence-electron chi connectivity index (χ0n) is 25.6. The van der Waals surface area contributed by atoms with Crippen LogP contribution in [0.5, 0.6) is 11.5 Å². The molecule has 48 heavy (non-hydrogen) atoms. The van der Waals surface area contributed by atoms with Gasteiger partial charge in [-0.1, -0.05) is 47.5 Å². The molecule has 0 aliphatic heterocycles. The molecule has 1 aromatic heterocycles. The number of anilines is 2. The SMILES string of the molecule is COc1ccc(/C=C(\NC(=O)c2ccccc2)C(=O)Nc2ccc(SCC(=O)Nc3nc(-c4ccc(Cl)c(Cl)c4)cs3)cc2)c(OC)c1. The van der Waals surface area contributed by atoms with Gasteiger partial charge in [0, 0.05) is 38.7 Å². The number of thiazole rings is 1. The minimum absolute atomic E-state index is 0.00643. The average molecular weight is 720 g/mol. The molecule has 1 heterocycles. The van der Waals surface area contributed by atoms with Crippen molar-refractivity contribution in [3.05, 3.63) is 123 Å². The van der Waals surface area contributed by atoms with Gasteiger partial charge in [-0.15, -0.1) is 23.1 Å². The Kier molecular flexibility index (Phi) is 11.8. The largest absolute Gasteiger partial charge is 0.497 e. The zero-order valence-corrected chi connectivity index (χ0v) is 28.7. The lowest BCUT2D eigenvalue weighted by Gasteiger charge is -2.13. The number of carbonyl (C=O) groups excluding carboxylic acids is 3. The summed E-state index contributed by atoms with van der Waals surface area (Å²) in [6, 6.07) is 26.0. The third kappa shape index (κ3) is 9.17. The summed E-state index contributed by atoms with van der Waals surface area (Å²) in [7, 11) is 3.05. The number of nitrogens with zero attached hydrogens (tertiary/aromatic N) is 1. The number of thioether (sulfide) groups is 1. The maximum atomic E-state index is 13.5. The Hall–Kier alpha value is -4.81. The van der Waals surface area contributed by atoms with E-state index in [9.17, 15) is 14.4 Å². The van der Waals surface area contributed by atoms with Gasteiger partial charge in [0.25, 0.3) is 11.8 Å². The summed E-state index contributed by atoms with van der Waals surface area (Å²) in [5.41, 5.74) is 2.93. The fourth-order valence-corrected chi connectivity index (χ4v) is 6.02. The van der Waals surface area contributed by atoms with Crippen molar-refractivity contribution in [3.8, 4) is 22.8 Å². The van der Waals surface area contributed by atoms with Crippen molar-refractivity contribution in [1.29, 1.82) is 0 Å². The molecule has 5 aromatic rings. The quantitative estimate of drug-likeness (QED) is 0.0878. The molecule has 9 nitrogen and oxygen atoms in total. The van der Waals surface area contributed by atoms with Gasteiger partial charge in [0.05, 0.1) is 35.7 Å². The number of halogens is 2. The highest BCUT2D eigenvalue weighted by molar-refractivity contribution is 8.00. The van der Waals surface area contributed by atoms with Crippen LogP contribution < -0.4 is 25.4 Å². The maximum Gasteiger partial charge on any atom is 0.272 e. The fourth-order valence-electron chi connectivity index (χ4n) is 4.29. The molecule has 0 bridgehead atoms. The van der Waals surface area contributed by atoms with E-state index in [2.05, 4.69) is 20.9 Å². The van der Waals surface area contributed by atoms with Crippen LogP contribution in [-0.2, 0) is 9.59 Å². The van der Waals surface area contributed by atoms with E-state index in [1.165, 1.54) is 36.3 Å². The Morgan fingerprint density at radius 2 is 1.65 bits per heavy atom. The van der Waals surface area contributed by atoms with Gasteiger partial charge in [-0.2, -0.15) is 0 Å². The van der Waals surface area contributed by atoms with Crippen molar-refractivity contribution in [2.24, 2.45) is 0 Å². The van der Waals surface area contributed by atoms with E-state index >= 15 is 0 Å². The van der Waals surface area contributed by atoms with Gasteiger partial charge in [-0.25, -0.2) is 4.98 Å². The standard InChI is InChI=1S/C35H28Cl2N4O5S2/c1-45-25-12-8-23(31(18-25)46-2)17-29(39-33(43)21-6-4-3-5-7-21)34(44)38-24-10-13-26(14-11-24)47-20-32(42)41-35-40-30(19-48-35)22-9-15-27(36)28(37)16-22/h3-19H,20H2,1-2H3,(H,38,44)(H,39,43)(H,40,41,42)/b29-17-. The van der Waals surface area contributed by atoms with E-state index in [0.717, 1.165) is 10.5 Å². The van der Waals surface area contributed by atoms with Crippen LogP contribution >= 0.6 is 46.3 Å². The van der Waals surface area contributed by atoms with Crippen LogP contribution in [0, 0.1) is 0 Å². The van der Waals surface area contributed by atoms with Gasteiger partial charge in [0.2, 0.25) is 5.91 Å². The molecule has 0 fully saturated rings. The van der Waals surface area contributed by atoms with Crippen molar-refractivity contribution in [2.45, 2.75) is 4.90 Å². The monoisotopic (exact) mass is 718 g/mol. The van der Waals surface area contributed by atoms with Crippen LogP contribution in [0.25, 0.3) is 17.3 Å². The number of nitrogens with one attached hydrogen (secondary N) is 3. The number of hydrogen-bond donors (Lipinski definition) is 3. The molecule has 0 radical (unpaired) electrons. The second-order valence-electron chi connectivity index (χ2n) is 9.97. The molecule has 0 saturated heterocycles. The van der Waals surface area contributed by atoms with Gasteiger partial charge >= 0.3 is 0 Å². The number of hydrogen-bond acceptors (Lipinski definition) is 8. The average Bonchev–Trinajstić information content (AvgIpc) is 3.57. The number of amides is 3. The van der Waals surface area contributed by atoms with Gasteiger partial charge in [0.15, 0.2) is 5.13 Å². The van der Waals surface area contributed by atoms with Crippen molar-refractivity contribution in [1.82, 2.24) is 10.3 Å². The molecular weight excluding hydrogens is 691 g/mol. The van der Waals surface area contributed by atoms with E-state index < -0.39 is 11.8 Å². The molecule has 5 rings (SSSR count). The lowest BCUT2D eigenvalue weighted by atomic mass is 10.1. The summed E-state index contributed by atoms with van der Waals surface area (Å²) >= 11 is 14.8. The third-order valence-electron chi connectivity index (χ3n) is 6.72. The first-order valence-electron chi connectivity index (χ1n) is 14.3. The van der Waals surface area contributed by atoms with E-state index in [0.29, 0.717) is 49.2 Å². The first-order valence-corrected chi connectivity index (χ1v) is 16.9. The highest BCUT2D eigenvalue weighted by Crippen LogP contribution is 2.31. The molecule has 0 spiro atoms. The van der Waals surface area contributed by atoms with Crippen molar-refractivity contribution in [2.75, 3.05) is 30.6 Å². The Bertz CT molecular complexity index is 1970. The summed E-state index contributed by atoms with van der Waals surface area (Å²) in [4.78, 5) is 44.4. The van der Waals surface area contributed by atoms with Gasteiger partial charge < -0.3 is 25.4 Å². The highest BCUT2D eigenvalue weighted by Gasteiger charge is 2.17. The summed E-state index contributed by atoms with van der Waals surface area (Å²) in [6.45, 7) is 0. The summed E-state index contributed by atoms with van der Waals surface area (Å²) in [5.74, 6) is -0.0178. The molecule has 13 heteroatoms. The predicted octanol–water partition coefficient (Wildman–Crippen LogP) is 8.27. The van der Waals surface area contributed by atoms with Gasteiger partial charge in [0.1, 0.15) is 17.2 Å². The van der Waals surface area contributed by atoms with Crippen LogP contribution in [0.2, 0.25) is 10.0 Å². The van der Waals surface area contributed by atoms with Crippen LogP contribution in [0.4, 0.5) is 10.8 Å². The maximum absolute atomic E-state index is 13.5. The normalized spacial score (nSPS) is 11.0. The minimum atomic E-state index is -0.541.